The second kappa shape index (κ2) is 8.03. The van der Waals surface area contributed by atoms with E-state index in [2.05, 4.69) is 31.7 Å². The van der Waals surface area contributed by atoms with Crippen molar-refractivity contribution in [2.75, 3.05) is 17.7 Å². The lowest BCUT2D eigenvalue weighted by Gasteiger charge is -2.24. The number of fused-ring (bicyclic) bond motifs is 1. The molecule has 3 aromatic rings. The van der Waals surface area contributed by atoms with Crippen molar-refractivity contribution in [2.45, 2.75) is 6.04 Å². The largest absolute Gasteiger partial charge is 0.497 e. The van der Waals surface area contributed by atoms with Crippen molar-refractivity contribution in [3.05, 3.63) is 82.1 Å². The Labute approximate surface area is 180 Å². The van der Waals surface area contributed by atoms with Crippen LogP contribution in [0.3, 0.4) is 0 Å². The average Bonchev–Trinajstić information content (AvgIpc) is 3.17. The van der Waals surface area contributed by atoms with Crippen molar-refractivity contribution in [3.63, 3.8) is 0 Å². The van der Waals surface area contributed by atoms with Crippen LogP contribution in [0.25, 0.3) is 0 Å². The third kappa shape index (κ3) is 3.79. The molecule has 1 atom stereocenters. The molecule has 8 nitrogen and oxygen atoms in total. The van der Waals surface area contributed by atoms with Gasteiger partial charge in [-0.05, 0) is 48.0 Å². The first-order chi connectivity index (χ1) is 14.5. The number of rotatable bonds is 5. The van der Waals surface area contributed by atoms with Gasteiger partial charge in [0.25, 0.3) is 5.91 Å². The number of carbonyl (C=O) groups excluding carboxylic acids is 1. The molecule has 0 spiro atoms. The van der Waals surface area contributed by atoms with Crippen LogP contribution in [0.2, 0.25) is 0 Å². The highest BCUT2D eigenvalue weighted by Crippen LogP contribution is 2.33. The van der Waals surface area contributed by atoms with Gasteiger partial charge in [0.05, 0.1) is 19.3 Å². The zero-order valence-corrected chi connectivity index (χ0v) is 17.4. The molecule has 1 aliphatic heterocycles. The summed E-state index contributed by atoms with van der Waals surface area (Å²) in [7, 11) is 1.56. The van der Waals surface area contributed by atoms with E-state index in [1.165, 1.54) is 6.20 Å². The molecule has 3 N–H and O–H groups in total. The highest BCUT2D eigenvalue weighted by molar-refractivity contribution is 9.10. The topological polar surface area (TPSA) is 105 Å². The van der Waals surface area contributed by atoms with Gasteiger partial charge in [0.2, 0.25) is 0 Å². The molecule has 9 heteroatoms. The molecule has 0 saturated carbocycles. The molecule has 0 saturated heterocycles. The van der Waals surface area contributed by atoms with Crippen LogP contribution in [0.5, 0.6) is 5.75 Å². The average molecular weight is 469 g/mol. The van der Waals surface area contributed by atoms with Crippen molar-refractivity contribution in [1.29, 1.82) is 0 Å². The maximum Gasteiger partial charge on any atom is 0.352 e. The number of ether oxygens (including phenoxy) is 1. The summed E-state index contributed by atoms with van der Waals surface area (Å²) in [4.78, 5) is 24.5. The molecular formula is C21H17BrN4O4. The van der Waals surface area contributed by atoms with Crippen molar-refractivity contribution < 1.29 is 19.4 Å². The van der Waals surface area contributed by atoms with Crippen LogP contribution in [0, 0.1) is 0 Å². The number of nitrogens with one attached hydrogen (secondary N) is 2. The number of amides is 1. The summed E-state index contributed by atoms with van der Waals surface area (Å²) >= 11 is 3.43. The molecule has 0 fully saturated rings. The second-order valence-corrected chi connectivity index (χ2v) is 7.46. The molecule has 152 valence electrons. The third-order valence-electron chi connectivity index (χ3n) is 4.65. The molecule has 4 rings (SSSR count). The van der Waals surface area contributed by atoms with Crippen LogP contribution in [-0.4, -0.2) is 33.9 Å². The Balaban J connectivity index is 1.69. The number of allylic oxidation sites excluding steroid dienone is 1. The zero-order valence-electron chi connectivity index (χ0n) is 15.8. The van der Waals surface area contributed by atoms with E-state index >= 15 is 0 Å². The van der Waals surface area contributed by atoms with Crippen molar-refractivity contribution >= 4 is 39.3 Å². The number of nitrogens with zero attached hydrogens (tertiary/aromatic N) is 2. The minimum Gasteiger partial charge on any atom is -0.497 e. The fourth-order valence-electron chi connectivity index (χ4n) is 3.19. The Hall–Kier alpha value is -3.59. The van der Waals surface area contributed by atoms with Gasteiger partial charge in [-0.1, -0.05) is 28.1 Å². The number of benzene rings is 2. The summed E-state index contributed by atoms with van der Waals surface area (Å²) in [5.41, 5.74) is 1.62. The van der Waals surface area contributed by atoms with Gasteiger partial charge in [0.1, 0.15) is 22.8 Å². The molecule has 0 radical (unpaired) electrons. The number of aliphatic carboxylic acids is 1. The molecular weight excluding hydrogens is 452 g/mol. The Morgan fingerprint density at radius 1 is 1.23 bits per heavy atom. The number of hydrogen-bond acceptors (Lipinski definition) is 5. The van der Waals surface area contributed by atoms with E-state index in [4.69, 9.17) is 4.74 Å². The molecule has 2 heterocycles. The summed E-state index contributed by atoms with van der Waals surface area (Å²) in [6.45, 7) is 0. The number of halogens is 1. The maximum atomic E-state index is 12.9. The van der Waals surface area contributed by atoms with E-state index in [9.17, 15) is 14.7 Å². The monoisotopic (exact) mass is 468 g/mol. The number of hydrogen-bond donors (Lipinski definition) is 3. The lowest BCUT2D eigenvalue weighted by atomic mass is 10.0. The Bertz CT molecular complexity index is 1150. The summed E-state index contributed by atoms with van der Waals surface area (Å²) in [6, 6.07) is 13.9. The van der Waals surface area contributed by atoms with E-state index in [0.717, 1.165) is 10.0 Å². The molecule has 30 heavy (non-hydrogen) atoms. The summed E-state index contributed by atoms with van der Waals surface area (Å²) < 4.78 is 7.57. The van der Waals surface area contributed by atoms with Crippen LogP contribution in [0.15, 0.2) is 71.0 Å². The van der Waals surface area contributed by atoms with Crippen molar-refractivity contribution in [1.82, 2.24) is 9.78 Å². The number of carbonyl (C=O) groups is 2. The van der Waals surface area contributed by atoms with Gasteiger partial charge in [-0.3, -0.25) is 4.79 Å². The Kier molecular flexibility index (Phi) is 5.28. The smallest absolute Gasteiger partial charge is 0.352 e. The fourth-order valence-corrected chi connectivity index (χ4v) is 3.60. The predicted molar refractivity (Wildman–Crippen MR) is 115 cm³/mol. The van der Waals surface area contributed by atoms with Gasteiger partial charge >= 0.3 is 5.97 Å². The molecule has 1 aromatic heterocycles. The first-order valence-corrected chi connectivity index (χ1v) is 9.76. The Morgan fingerprint density at radius 2 is 2.00 bits per heavy atom. The molecule has 0 aliphatic carbocycles. The van der Waals surface area contributed by atoms with Gasteiger partial charge < -0.3 is 20.5 Å². The van der Waals surface area contributed by atoms with Crippen LogP contribution < -0.4 is 15.4 Å². The van der Waals surface area contributed by atoms with Gasteiger partial charge in [-0.15, -0.1) is 0 Å². The number of methoxy groups -OCH3 is 1. The van der Waals surface area contributed by atoms with Gasteiger partial charge in [-0.2, -0.15) is 5.10 Å². The van der Waals surface area contributed by atoms with Crippen LogP contribution >= 0.6 is 15.9 Å². The highest BCUT2D eigenvalue weighted by atomic mass is 79.9. The maximum absolute atomic E-state index is 12.9. The second-order valence-electron chi connectivity index (χ2n) is 6.54. The standard InChI is InChI=1S/C21H17BrN4O4/c1-30-15-7-5-14(6-8-15)24-20(27)16-11-23-26-18(12-3-2-4-13(22)9-12)10-17(21(28)29)25-19(16)26/h2-11,18,25H,1H3,(H,24,27)(H,28,29)/t18-/m1/s1. The van der Waals surface area contributed by atoms with E-state index in [0.29, 0.717) is 17.3 Å². The van der Waals surface area contributed by atoms with E-state index in [-0.39, 0.29) is 11.3 Å². The van der Waals surface area contributed by atoms with Gasteiger partial charge in [0, 0.05) is 10.2 Å². The zero-order chi connectivity index (χ0) is 21.3. The van der Waals surface area contributed by atoms with Gasteiger partial charge in [-0.25, -0.2) is 9.48 Å². The molecule has 1 aliphatic rings. The number of carboxylic acid groups (broad SMARTS) is 1. The van der Waals surface area contributed by atoms with Crippen LogP contribution in [0.1, 0.15) is 22.0 Å². The number of carboxylic acids is 1. The molecule has 0 unspecified atom stereocenters. The lowest BCUT2D eigenvalue weighted by molar-refractivity contribution is -0.132. The summed E-state index contributed by atoms with van der Waals surface area (Å²) in [5.74, 6) is -0.547. The summed E-state index contributed by atoms with van der Waals surface area (Å²) in [5, 5.41) is 19.5. The highest BCUT2D eigenvalue weighted by Gasteiger charge is 2.29. The quantitative estimate of drug-likeness (QED) is 0.524. The normalized spacial score (nSPS) is 14.9. The van der Waals surface area contributed by atoms with Crippen LogP contribution in [-0.2, 0) is 4.79 Å². The fraction of sp³-hybridized carbons (Fsp3) is 0.0952. The predicted octanol–water partition coefficient (Wildman–Crippen LogP) is 3.89. The number of anilines is 2. The Morgan fingerprint density at radius 3 is 2.67 bits per heavy atom. The SMILES string of the molecule is COc1ccc(NC(=O)c2cnn3c2NC(C(=O)O)=C[C@@H]3c2cccc(Br)c2)cc1. The van der Waals surface area contributed by atoms with Crippen molar-refractivity contribution in [3.8, 4) is 5.75 Å². The van der Waals surface area contributed by atoms with E-state index in [1.807, 2.05) is 24.3 Å². The molecule has 0 bridgehead atoms. The van der Waals surface area contributed by atoms with E-state index < -0.39 is 17.9 Å². The minimum absolute atomic E-state index is 0.0218. The van der Waals surface area contributed by atoms with Crippen molar-refractivity contribution in [2.24, 2.45) is 0 Å². The molecule has 2 aromatic carbocycles. The van der Waals surface area contributed by atoms with E-state index in [1.54, 1.807) is 42.1 Å². The minimum atomic E-state index is -1.12. The summed E-state index contributed by atoms with van der Waals surface area (Å²) in [6.07, 6.45) is 2.99. The first kappa shape index (κ1) is 19.7. The van der Waals surface area contributed by atoms with Gasteiger partial charge in [0.15, 0.2) is 0 Å². The van der Waals surface area contributed by atoms with Crippen LogP contribution in [0.4, 0.5) is 11.5 Å². The molecule has 1 amide bonds. The third-order valence-corrected chi connectivity index (χ3v) is 5.14. The first-order valence-electron chi connectivity index (χ1n) is 8.97. The lowest BCUT2D eigenvalue weighted by Crippen LogP contribution is -2.25. The number of aromatic nitrogens is 2.